The Kier molecular flexibility index (Phi) is 6.61. The minimum absolute atomic E-state index is 1.17. The molecule has 0 aromatic carbocycles. The van der Waals surface area contributed by atoms with E-state index < -0.39 is 0 Å². The molecule has 0 N–H and O–H groups in total. The van der Waals surface area contributed by atoms with Crippen LogP contribution in [0.4, 0.5) is 0 Å². The standard InChI is InChI=1S/C14H26/c1-7-9-10-14(12(5)6)13(8-2)11(3)4/h7-10H2,1-6H3. The molecule has 82 valence electrons. The molecule has 14 heavy (non-hydrogen) atoms. The van der Waals surface area contributed by atoms with Crippen LogP contribution < -0.4 is 0 Å². The Bertz CT molecular complexity index is 220. The summed E-state index contributed by atoms with van der Waals surface area (Å²) in [4.78, 5) is 0. The molecule has 0 fully saturated rings. The second-order valence-electron chi connectivity index (χ2n) is 4.41. The number of allylic oxidation sites excluding steroid dienone is 4. The summed E-state index contributed by atoms with van der Waals surface area (Å²) < 4.78 is 0. The third kappa shape index (κ3) is 4.13. The molecule has 0 bridgehead atoms. The molecule has 0 heteroatoms. The third-order valence-corrected chi connectivity index (χ3v) is 2.71. The van der Waals surface area contributed by atoms with Gasteiger partial charge in [-0.2, -0.15) is 0 Å². The topological polar surface area (TPSA) is 0 Å². The third-order valence-electron chi connectivity index (χ3n) is 2.71. The van der Waals surface area contributed by atoms with Gasteiger partial charge in [0.15, 0.2) is 0 Å². The molecule has 0 rings (SSSR count). The summed E-state index contributed by atoms with van der Waals surface area (Å²) in [5.74, 6) is 0. The van der Waals surface area contributed by atoms with Crippen molar-refractivity contribution in [3.8, 4) is 0 Å². The van der Waals surface area contributed by atoms with Crippen molar-refractivity contribution in [2.45, 2.75) is 67.2 Å². The van der Waals surface area contributed by atoms with Gasteiger partial charge in [-0.15, -0.1) is 0 Å². The second-order valence-corrected chi connectivity index (χ2v) is 4.41. The Morgan fingerprint density at radius 2 is 1.29 bits per heavy atom. The lowest BCUT2D eigenvalue weighted by atomic mass is 9.91. The quantitative estimate of drug-likeness (QED) is 0.524. The van der Waals surface area contributed by atoms with E-state index in [-0.39, 0.29) is 0 Å². The van der Waals surface area contributed by atoms with E-state index in [0.29, 0.717) is 0 Å². The fourth-order valence-corrected chi connectivity index (χ4v) is 1.92. The van der Waals surface area contributed by atoms with Crippen LogP contribution in [0.25, 0.3) is 0 Å². The van der Waals surface area contributed by atoms with E-state index in [4.69, 9.17) is 0 Å². The summed E-state index contributed by atoms with van der Waals surface area (Å²) in [6, 6.07) is 0. The Morgan fingerprint density at radius 1 is 0.786 bits per heavy atom. The Hall–Kier alpha value is -0.520. The number of rotatable bonds is 5. The summed E-state index contributed by atoms with van der Waals surface area (Å²) in [7, 11) is 0. The highest BCUT2D eigenvalue weighted by Crippen LogP contribution is 2.26. The van der Waals surface area contributed by atoms with Gasteiger partial charge in [-0.3, -0.25) is 0 Å². The van der Waals surface area contributed by atoms with Crippen molar-refractivity contribution in [3.05, 3.63) is 22.3 Å². The fraction of sp³-hybridized carbons (Fsp3) is 0.714. The molecule has 0 radical (unpaired) electrons. The monoisotopic (exact) mass is 194 g/mol. The number of unbranched alkanes of at least 4 members (excludes halogenated alkanes) is 1. The van der Waals surface area contributed by atoms with Crippen LogP contribution in [0.5, 0.6) is 0 Å². The number of hydrogen-bond acceptors (Lipinski definition) is 0. The molecule has 0 aromatic heterocycles. The lowest BCUT2D eigenvalue weighted by Crippen LogP contribution is -1.95. The Balaban J connectivity index is 4.84. The van der Waals surface area contributed by atoms with E-state index in [0.717, 1.165) is 0 Å². The van der Waals surface area contributed by atoms with Crippen LogP contribution in [0, 0.1) is 0 Å². The Labute approximate surface area is 90.1 Å². The van der Waals surface area contributed by atoms with E-state index in [1.807, 2.05) is 0 Å². The van der Waals surface area contributed by atoms with Crippen molar-refractivity contribution in [1.82, 2.24) is 0 Å². The maximum atomic E-state index is 2.26. The smallest absolute Gasteiger partial charge is 0.0277 e. The fourth-order valence-electron chi connectivity index (χ4n) is 1.92. The highest BCUT2D eigenvalue weighted by Gasteiger charge is 2.06. The SMILES string of the molecule is CCCCC(=C(C)C)C(CC)=C(C)C. The van der Waals surface area contributed by atoms with Crippen LogP contribution in [-0.4, -0.2) is 0 Å². The lowest BCUT2D eigenvalue weighted by Gasteiger charge is -2.14. The van der Waals surface area contributed by atoms with Crippen molar-refractivity contribution in [2.24, 2.45) is 0 Å². The van der Waals surface area contributed by atoms with Gasteiger partial charge in [-0.1, -0.05) is 31.4 Å². The summed E-state index contributed by atoms with van der Waals surface area (Å²) in [6.45, 7) is 13.5. The molecule has 0 aromatic rings. The highest BCUT2D eigenvalue weighted by molar-refractivity contribution is 5.36. The van der Waals surface area contributed by atoms with Crippen LogP contribution in [0.1, 0.15) is 67.2 Å². The largest absolute Gasteiger partial charge is 0.0730 e. The summed E-state index contributed by atoms with van der Waals surface area (Å²) in [5, 5.41) is 0. The highest BCUT2D eigenvalue weighted by atomic mass is 14.1. The van der Waals surface area contributed by atoms with Crippen molar-refractivity contribution >= 4 is 0 Å². The molecule has 0 nitrogen and oxygen atoms in total. The predicted octanol–water partition coefficient (Wildman–Crippen LogP) is 5.26. The second kappa shape index (κ2) is 6.86. The summed E-state index contributed by atoms with van der Waals surface area (Å²) in [5.41, 5.74) is 6.17. The van der Waals surface area contributed by atoms with Crippen molar-refractivity contribution < 1.29 is 0 Å². The Morgan fingerprint density at radius 3 is 1.57 bits per heavy atom. The first-order chi connectivity index (χ1) is 6.54. The normalized spacial score (nSPS) is 9.86. The molecule has 0 saturated carbocycles. The molecule has 0 aliphatic carbocycles. The van der Waals surface area contributed by atoms with Gasteiger partial charge in [-0.05, 0) is 58.1 Å². The molecule has 0 saturated heterocycles. The maximum Gasteiger partial charge on any atom is -0.0277 e. The van der Waals surface area contributed by atoms with Gasteiger partial charge in [0.25, 0.3) is 0 Å². The summed E-state index contributed by atoms with van der Waals surface area (Å²) in [6.07, 6.45) is 5.04. The zero-order chi connectivity index (χ0) is 11.1. The van der Waals surface area contributed by atoms with Gasteiger partial charge in [0.05, 0.1) is 0 Å². The molecule has 0 aliphatic heterocycles. The van der Waals surface area contributed by atoms with Crippen LogP contribution in [0.15, 0.2) is 22.3 Å². The van der Waals surface area contributed by atoms with Crippen LogP contribution in [-0.2, 0) is 0 Å². The van der Waals surface area contributed by atoms with Crippen molar-refractivity contribution in [3.63, 3.8) is 0 Å². The molecule has 0 atom stereocenters. The number of hydrogen-bond donors (Lipinski definition) is 0. The van der Waals surface area contributed by atoms with Crippen molar-refractivity contribution in [1.29, 1.82) is 0 Å². The van der Waals surface area contributed by atoms with Crippen LogP contribution in [0.2, 0.25) is 0 Å². The molecular weight excluding hydrogens is 168 g/mol. The minimum Gasteiger partial charge on any atom is -0.0730 e. The van der Waals surface area contributed by atoms with E-state index in [1.165, 1.54) is 36.8 Å². The molecule has 0 amide bonds. The maximum absolute atomic E-state index is 2.26. The zero-order valence-corrected chi connectivity index (χ0v) is 10.8. The summed E-state index contributed by atoms with van der Waals surface area (Å²) >= 11 is 0. The molecule has 0 unspecified atom stereocenters. The average Bonchev–Trinajstić information content (AvgIpc) is 2.10. The van der Waals surface area contributed by atoms with E-state index in [1.54, 1.807) is 11.1 Å². The van der Waals surface area contributed by atoms with E-state index in [2.05, 4.69) is 41.5 Å². The van der Waals surface area contributed by atoms with Gasteiger partial charge < -0.3 is 0 Å². The van der Waals surface area contributed by atoms with Gasteiger partial charge in [0.1, 0.15) is 0 Å². The molecule has 0 spiro atoms. The molecule has 0 heterocycles. The van der Waals surface area contributed by atoms with Gasteiger partial charge in [-0.25, -0.2) is 0 Å². The van der Waals surface area contributed by atoms with Gasteiger partial charge in [0, 0.05) is 0 Å². The van der Waals surface area contributed by atoms with Gasteiger partial charge in [0.2, 0.25) is 0 Å². The van der Waals surface area contributed by atoms with Crippen LogP contribution in [0.3, 0.4) is 0 Å². The first-order valence-corrected chi connectivity index (χ1v) is 5.87. The van der Waals surface area contributed by atoms with Crippen LogP contribution >= 0.6 is 0 Å². The van der Waals surface area contributed by atoms with E-state index >= 15 is 0 Å². The van der Waals surface area contributed by atoms with E-state index in [9.17, 15) is 0 Å². The lowest BCUT2D eigenvalue weighted by molar-refractivity contribution is 0.776. The first kappa shape index (κ1) is 13.5. The first-order valence-electron chi connectivity index (χ1n) is 5.87. The minimum atomic E-state index is 1.17. The van der Waals surface area contributed by atoms with Gasteiger partial charge >= 0.3 is 0 Å². The van der Waals surface area contributed by atoms with Crippen molar-refractivity contribution in [2.75, 3.05) is 0 Å². The average molecular weight is 194 g/mol. The molecule has 0 aliphatic rings. The molecular formula is C14H26. The predicted molar refractivity (Wildman–Crippen MR) is 66.6 cm³/mol. The zero-order valence-electron chi connectivity index (χ0n) is 10.8.